The fraction of sp³-hybridized carbons (Fsp3) is 0.360. The highest BCUT2D eigenvalue weighted by molar-refractivity contribution is 6.88. The second-order valence-corrected chi connectivity index (χ2v) is 14.5. The van der Waals surface area contributed by atoms with E-state index < -0.39 is 44.7 Å². The van der Waals surface area contributed by atoms with E-state index in [2.05, 4.69) is 10.6 Å². The van der Waals surface area contributed by atoms with Crippen molar-refractivity contribution in [3.63, 3.8) is 0 Å². The van der Waals surface area contributed by atoms with Gasteiger partial charge in [-0.15, -0.1) is 0 Å². The van der Waals surface area contributed by atoms with Crippen molar-refractivity contribution in [2.75, 3.05) is 5.32 Å². The summed E-state index contributed by atoms with van der Waals surface area (Å²) in [5, 5.41) is 5.63. The minimum atomic E-state index is -2.81. The lowest BCUT2D eigenvalue weighted by atomic mass is 9.90. The maximum Gasteiger partial charge on any atom is 0.412 e. The molecule has 0 aromatic heterocycles. The third-order valence-corrected chi connectivity index (χ3v) is 7.66. The average molecular weight is 491 g/mol. The number of alkyl carbamates (subject to hydrolysis) is 1. The average Bonchev–Trinajstić information content (AvgIpc) is 2.76. The fourth-order valence-corrected chi connectivity index (χ4v) is 5.10. The normalized spacial score (nSPS) is 15.4. The van der Waals surface area contributed by atoms with Gasteiger partial charge >= 0.3 is 6.09 Å². The van der Waals surface area contributed by atoms with Gasteiger partial charge in [0.15, 0.2) is 0 Å². The highest BCUT2D eigenvalue weighted by Gasteiger charge is 2.35. The largest absolute Gasteiger partial charge is 0.444 e. The van der Waals surface area contributed by atoms with Crippen molar-refractivity contribution in [1.29, 1.82) is 0 Å². The Kier molecular flexibility index (Phi) is 7.86. The topological polar surface area (TPSA) is 67.4 Å². The number of carbonyl (C=O) groups excluding carboxylic acids is 2. The molecule has 2 aromatic carbocycles. The van der Waals surface area contributed by atoms with E-state index in [1.165, 1.54) is 6.07 Å². The number of nitrogens with one attached hydrogen (secondary N) is 2. The van der Waals surface area contributed by atoms with Crippen LogP contribution in [0.15, 0.2) is 59.8 Å². The molecule has 5 nitrogen and oxygen atoms in total. The fourth-order valence-electron chi connectivity index (χ4n) is 3.73. The van der Waals surface area contributed by atoms with Crippen molar-refractivity contribution in [3.8, 4) is 0 Å². The van der Waals surface area contributed by atoms with Gasteiger partial charge in [-0.25, -0.2) is 18.0 Å². The Morgan fingerprint density at radius 2 is 1.68 bits per heavy atom. The molecular weight excluding hydrogens is 461 g/mol. The van der Waals surface area contributed by atoms with E-state index in [-0.39, 0.29) is 30.8 Å². The van der Waals surface area contributed by atoms with Crippen LogP contribution in [0, 0.1) is 5.82 Å². The Morgan fingerprint density at radius 1 is 1.03 bits per heavy atom. The van der Waals surface area contributed by atoms with Crippen LogP contribution in [-0.4, -0.2) is 26.0 Å². The molecule has 1 aliphatic rings. The van der Waals surface area contributed by atoms with Crippen LogP contribution in [0.25, 0.3) is 0 Å². The van der Waals surface area contributed by atoms with Crippen molar-refractivity contribution in [1.82, 2.24) is 5.32 Å². The number of allylic oxidation sites excluding steroid dienone is 1. The third-order valence-electron chi connectivity index (χ3n) is 5.64. The molecule has 3 rings (SSSR count). The summed E-state index contributed by atoms with van der Waals surface area (Å²) in [4.78, 5) is 25.4. The van der Waals surface area contributed by atoms with Gasteiger partial charge < -0.3 is 10.1 Å². The molecule has 9 heteroatoms. The Hall–Kier alpha value is -3.07. The van der Waals surface area contributed by atoms with Crippen LogP contribution in [0.5, 0.6) is 0 Å². The van der Waals surface area contributed by atoms with Crippen LogP contribution < -0.4 is 15.8 Å². The first-order chi connectivity index (χ1) is 15.9. The Balaban J connectivity index is 1.77. The van der Waals surface area contributed by atoms with Crippen molar-refractivity contribution in [2.24, 2.45) is 0 Å². The van der Waals surface area contributed by atoms with Crippen LogP contribution in [0.2, 0.25) is 19.6 Å². The predicted octanol–water partition coefficient (Wildman–Crippen LogP) is 5.70. The van der Waals surface area contributed by atoms with Crippen LogP contribution in [0.1, 0.15) is 31.2 Å². The maximum atomic E-state index is 14.6. The number of ether oxygens (including phenoxy) is 1. The Bertz CT molecular complexity index is 1070. The van der Waals surface area contributed by atoms with Crippen LogP contribution in [0.4, 0.5) is 23.7 Å². The molecule has 2 amide bonds. The molecule has 0 spiro atoms. The molecule has 0 bridgehead atoms. The van der Waals surface area contributed by atoms with E-state index in [1.54, 1.807) is 36.4 Å². The van der Waals surface area contributed by atoms with Gasteiger partial charge in [-0.2, -0.15) is 0 Å². The predicted molar refractivity (Wildman–Crippen MR) is 128 cm³/mol. The molecule has 0 heterocycles. The zero-order valence-electron chi connectivity index (χ0n) is 19.5. The first kappa shape index (κ1) is 25.5. The van der Waals surface area contributed by atoms with E-state index in [0.29, 0.717) is 10.8 Å². The first-order valence-corrected chi connectivity index (χ1v) is 14.6. The third kappa shape index (κ3) is 6.96. The SMILES string of the molecule is C[Si](C)(C)c1ccc(NC(=O)C(NC(=O)OCc2ccccc2)=C2CCC(F)(F)CC2)cc1F. The van der Waals surface area contributed by atoms with Gasteiger partial charge in [-0.05, 0) is 41.3 Å². The smallest absolute Gasteiger partial charge is 0.412 e. The molecule has 0 saturated heterocycles. The highest BCUT2D eigenvalue weighted by Crippen LogP contribution is 2.37. The summed E-state index contributed by atoms with van der Waals surface area (Å²) in [6.07, 6.45) is -1.80. The summed E-state index contributed by atoms with van der Waals surface area (Å²) in [6.45, 7) is 6.01. The molecule has 0 aliphatic heterocycles. The molecule has 1 aliphatic carbocycles. The lowest BCUT2D eigenvalue weighted by molar-refractivity contribution is -0.113. The second kappa shape index (κ2) is 10.5. The zero-order valence-corrected chi connectivity index (χ0v) is 20.5. The number of halogens is 3. The lowest BCUT2D eigenvalue weighted by Crippen LogP contribution is -2.40. The minimum absolute atomic E-state index is 0.0155. The summed E-state index contributed by atoms with van der Waals surface area (Å²) in [5.74, 6) is -3.94. The Morgan fingerprint density at radius 3 is 2.26 bits per heavy atom. The number of hydrogen-bond donors (Lipinski definition) is 2. The van der Waals surface area contributed by atoms with Crippen molar-refractivity contribution < 1.29 is 27.5 Å². The molecule has 0 atom stereocenters. The molecule has 2 aromatic rings. The number of alkyl halides is 2. The summed E-state index contributed by atoms with van der Waals surface area (Å²) in [5.41, 5.74) is 1.23. The minimum Gasteiger partial charge on any atom is -0.444 e. The number of rotatable bonds is 6. The summed E-state index contributed by atoms with van der Waals surface area (Å²) in [7, 11) is -1.90. The number of anilines is 1. The molecule has 1 fully saturated rings. The van der Waals surface area contributed by atoms with E-state index >= 15 is 0 Å². The van der Waals surface area contributed by atoms with E-state index in [4.69, 9.17) is 4.74 Å². The van der Waals surface area contributed by atoms with Crippen molar-refractivity contribution in [2.45, 2.75) is 57.9 Å². The Labute approximate surface area is 198 Å². The van der Waals surface area contributed by atoms with E-state index in [9.17, 15) is 22.8 Å². The molecule has 1 saturated carbocycles. The molecule has 0 unspecified atom stereocenters. The van der Waals surface area contributed by atoms with Crippen molar-refractivity contribution in [3.05, 3.63) is 71.2 Å². The number of amides is 2. The standard InChI is InChI=1S/C25H29F3N2O3Si/c1-34(2,3)21-10-9-19(15-20(21)26)29-23(31)22(18-11-13-25(27,28)14-12-18)30-24(32)33-16-17-7-5-4-6-8-17/h4-10,15H,11-14,16H2,1-3H3,(H,29,31)(H,30,32). The summed E-state index contributed by atoms with van der Waals surface area (Å²) >= 11 is 0. The number of carbonyl (C=O) groups is 2. The van der Waals surface area contributed by atoms with Gasteiger partial charge in [-0.3, -0.25) is 10.1 Å². The summed E-state index contributed by atoms with van der Waals surface area (Å²) in [6, 6.07) is 13.5. The van der Waals surface area contributed by atoms with E-state index in [1.807, 2.05) is 25.7 Å². The first-order valence-electron chi connectivity index (χ1n) is 11.1. The molecule has 182 valence electrons. The summed E-state index contributed by atoms with van der Waals surface area (Å²) < 4.78 is 47.1. The number of hydrogen-bond acceptors (Lipinski definition) is 3. The van der Waals surface area contributed by atoms with Gasteiger partial charge in [0.05, 0.1) is 8.07 Å². The molecular formula is C25H29F3N2O3Si. The quantitative estimate of drug-likeness (QED) is 0.403. The highest BCUT2D eigenvalue weighted by atomic mass is 28.3. The zero-order chi connectivity index (χ0) is 24.9. The van der Waals surface area contributed by atoms with Crippen LogP contribution in [0.3, 0.4) is 0 Å². The van der Waals surface area contributed by atoms with Gasteiger partial charge in [0.2, 0.25) is 5.92 Å². The van der Waals surface area contributed by atoms with Crippen molar-refractivity contribution >= 4 is 30.9 Å². The molecule has 2 N–H and O–H groups in total. The van der Waals surface area contributed by atoms with Crippen LogP contribution >= 0.6 is 0 Å². The molecule has 34 heavy (non-hydrogen) atoms. The number of benzene rings is 2. The van der Waals surface area contributed by atoms with Crippen LogP contribution in [-0.2, 0) is 16.1 Å². The second-order valence-electron chi connectivity index (χ2n) is 9.42. The molecule has 0 radical (unpaired) electrons. The van der Waals surface area contributed by atoms with E-state index in [0.717, 1.165) is 5.56 Å². The van der Waals surface area contributed by atoms with Gasteiger partial charge in [0.25, 0.3) is 5.91 Å². The lowest BCUT2D eigenvalue weighted by Gasteiger charge is -2.25. The van der Waals surface area contributed by atoms with Gasteiger partial charge in [-0.1, -0.05) is 56.0 Å². The van der Waals surface area contributed by atoms with Gasteiger partial charge in [0.1, 0.15) is 18.1 Å². The van der Waals surface area contributed by atoms with Gasteiger partial charge in [0, 0.05) is 18.5 Å². The maximum absolute atomic E-state index is 14.6. The monoisotopic (exact) mass is 490 g/mol.